The summed E-state index contributed by atoms with van der Waals surface area (Å²) in [5, 5.41) is 8.16. The minimum Gasteiger partial charge on any atom is -0.481 e. The Bertz CT molecular complexity index is 281. The summed E-state index contributed by atoms with van der Waals surface area (Å²) in [6, 6.07) is 0. The first-order valence-corrected chi connectivity index (χ1v) is 6.47. The smallest absolute Gasteiger partial charge is 0.307 e. The van der Waals surface area contributed by atoms with Gasteiger partial charge in [0.05, 0.1) is 16.9 Å². The number of carbonyl (C=O) groups is 1. The third-order valence-corrected chi connectivity index (χ3v) is 4.64. The summed E-state index contributed by atoms with van der Waals surface area (Å²) in [6.07, 6.45) is 1.39. The number of hydrogen-bond acceptors (Lipinski definition) is 3. The molecule has 84 valence electrons. The topological polar surface area (TPSA) is 71.4 Å². The Morgan fingerprint density at radius 1 is 1.36 bits per heavy atom. The van der Waals surface area contributed by atoms with Gasteiger partial charge < -0.3 is 5.11 Å². The molecule has 0 fully saturated rings. The van der Waals surface area contributed by atoms with E-state index >= 15 is 0 Å². The molecule has 0 spiro atoms. The van der Waals surface area contributed by atoms with E-state index in [9.17, 15) is 13.2 Å². The third-order valence-electron chi connectivity index (χ3n) is 2.21. The molecule has 14 heavy (non-hydrogen) atoms. The number of rotatable bonds is 6. The van der Waals surface area contributed by atoms with Gasteiger partial charge in [0.1, 0.15) is 0 Å². The highest BCUT2D eigenvalue weighted by molar-refractivity contribution is 7.92. The summed E-state index contributed by atoms with van der Waals surface area (Å²) in [5.74, 6) is -2.14. The molecular weight excluding hydrogens is 204 g/mol. The molecule has 0 saturated carbocycles. The monoisotopic (exact) mass is 222 g/mol. The van der Waals surface area contributed by atoms with Gasteiger partial charge in [-0.25, -0.2) is 8.42 Å². The van der Waals surface area contributed by atoms with Crippen LogP contribution >= 0.6 is 0 Å². The van der Waals surface area contributed by atoms with Crippen LogP contribution in [-0.2, 0) is 14.6 Å². The van der Waals surface area contributed by atoms with Gasteiger partial charge in [0.15, 0.2) is 9.84 Å². The van der Waals surface area contributed by atoms with Crippen LogP contribution in [-0.4, -0.2) is 30.5 Å². The van der Waals surface area contributed by atoms with Crippen molar-refractivity contribution in [1.29, 1.82) is 0 Å². The van der Waals surface area contributed by atoms with Crippen LogP contribution in [0.2, 0.25) is 0 Å². The molecular formula is C9H18O4S. The van der Waals surface area contributed by atoms with Gasteiger partial charge in [0, 0.05) is 0 Å². The highest BCUT2D eigenvalue weighted by Crippen LogP contribution is 2.12. The largest absolute Gasteiger partial charge is 0.481 e. The van der Waals surface area contributed by atoms with Gasteiger partial charge in [0.2, 0.25) is 0 Å². The van der Waals surface area contributed by atoms with Crippen molar-refractivity contribution in [2.75, 3.05) is 5.75 Å². The molecule has 2 atom stereocenters. The lowest BCUT2D eigenvalue weighted by atomic mass is 10.2. The first kappa shape index (κ1) is 13.4. The van der Waals surface area contributed by atoms with Crippen molar-refractivity contribution in [2.24, 2.45) is 5.92 Å². The summed E-state index contributed by atoms with van der Waals surface area (Å²) in [4.78, 5) is 10.5. The van der Waals surface area contributed by atoms with Gasteiger partial charge >= 0.3 is 5.97 Å². The van der Waals surface area contributed by atoms with Crippen LogP contribution in [0.4, 0.5) is 0 Å². The fourth-order valence-electron chi connectivity index (χ4n) is 1.17. The zero-order valence-corrected chi connectivity index (χ0v) is 9.67. The Morgan fingerprint density at radius 3 is 2.21 bits per heavy atom. The molecule has 0 amide bonds. The fourth-order valence-corrected chi connectivity index (χ4v) is 2.93. The number of carboxylic acid groups (broad SMARTS) is 1. The maximum absolute atomic E-state index is 11.6. The van der Waals surface area contributed by atoms with E-state index in [0.717, 1.165) is 6.42 Å². The van der Waals surface area contributed by atoms with Crippen LogP contribution < -0.4 is 0 Å². The van der Waals surface area contributed by atoms with Gasteiger partial charge in [-0.15, -0.1) is 0 Å². The fraction of sp³-hybridized carbons (Fsp3) is 0.889. The minimum absolute atomic E-state index is 0.260. The Kier molecular flexibility index (Phi) is 5.12. The molecule has 0 aliphatic rings. The lowest BCUT2D eigenvalue weighted by Gasteiger charge is -2.13. The van der Waals surface area contributed by atoms with E-state index in [4.69, 9.17) is 5.11 Å². The highest BCUT2D eigenvalue weighted by atomic mass is 32.2. The first-order valence-electron chi connectivity index (χ1n) is 4.75. The van der Waals surface area contributed by atoms with E-state index in [2.05, 4.69) is 0 Å². The lowest BCUT2D eigenvalue weighted by Crippen LogP contribution is -2.27. The van der Waals surface area contributed by atoms with Gasteiger partial charge in [-0.1, -0.05) is 20.3 Å². The van der Waals surface area contributed by atoms with Gasteiger partial charge in [-0.2, -0.15) is 0 Å². The van der Waals surface area contributed by atoms with Gasteiger partial charge in [0.25, 0.3) is 0 Å². The standard InChI is InChI=1S/C9H18O4S/c1-4-5-8(3)14(12,13)6-7(2)9(10)11/h7-8H,4-6H2,1-3H3,(H,10,11). The normalized spacial score (nSPS) is 16.2. The molecule has 0 aromatic heterocycles. The predicted octanol–water partition coefficient (Wildman–Crippen LogP) is 1.31. The van der Waals surface area contributed by atoms with Crippen LogP contribution in [0.25, 0.3) is 0 Å². The highest BCUT2D eigenvalue weighted by Gasteiger charge is 2.25. The summed E-state index contributed by atoms with van der Waals surface area (Å²) in [7, 11) is -3.25. The van der Waals surface area contributed by atoms with Crippen molar-refractivity contribution in [1.82, 2.24) is 0 Å². The molecule has 5 heteroatoms. The van der Waals surface area contributed by atoms with Crippen LogP contribution in [0.1, 0.15) is 33.6 Å². The minimum atomic E-state index is -3.25. The summed E-state index contributed by atoms with van der Waals surface area (Å²) in [6.45, 7) is 4.96. The molecule has 1 N–H and O–H groups in total. The van der Waals surface area contributed by atoms with Crippen LogP contribution in [0.15, 0.2) is 0 Å². The molecule has 0 aromatic rings. The maximum atomic E-state index is 11.6. The number of carboxylic acids is 1. The summed E-state index contributed by atoms with van der Waals surface area (Å²) in [5.41, 5.74) is 0. The Hall–Kier alpha value is -0.580. The van der Waals surface area contributed by atoms with Crippen LogP contribution in [0.5, 0.6) is 0 Å². The van der Waals surface area contributed by atoms with Crippen molar-refractivity contribution in [2.45, 2.75) is 38.9 Å². The number of aliphatic carboxylic acids is 1. The molecule has 0 bridgehead atoms. The SMILES string of the molecule is CCCC(C)S(=O)(=O)CC(C)C(=O)O. The second-order valence-electron chi connectivity index (χ2n) is 3.67. The third kappa shape index (κ3) is 4.09. The molecule has 4 nitrogen and oxygen atoms in total. The molecule has 0 aromatic carbocycles. The van der Waals surface area contributed by atoms with E-state index < -0.39 is 27.0 Å². The van der Waals surface area contributed by atoms with E-state index in [-0.39, 0.29) is 5.75 Å². The van der Waals surface area contributed by atoms with E-state index in [1.807, 2.05) is 6.92 Å². The van der Waals surface area contributed by atoms with E-state index in [1.165, 1.54) is 6.92 Å². The quantitative estimate of drug-likeness (QED) is 0.735. The van der Waals surface area contributed by atoms with Gasteiger partial charge in [-0.3, -0.25) is 4.79 Å². The zero-order valence-electron chi connectivity index (χ0n) is 8.86. The predicted molar refractivity (Wildman–Crippen MR) is 55.0 cm³/mol. The maximum Gasteiger partial charge on any atom is 0.307 e. The molecule has 0 aliphatic carbocycles. The average molecular weight is 222 g/mol. The second-order valence-corrected chi connectivity index (χ2v) is 6.13. The van der Waals surface area contributed by atoms with Crippen LogP contribution in [0, 0.1) is 5.92 Å². The number of hydrogen-bond donors (Lipinski definition) is 1. The molecule has 0 radical (unpaired) electrons. The van der Waals surface area contributed by atoms with Crippen LogP contribution in [0.3, 0.4) is 0 Å². The molecule has 2 unspecified atom stereocenters. The lowest BCUT2D eigenvalue weighted by molar-refractivity contribution is -0.140. The number of sulfone groups is 1. The van der Waals surface area contributed by atoms with Crippen molar-refractivity contribution in [3.8, 4) is 0 Å². The van der Waals surface area contributed by atoms with Gasteiger partial charge in [-0.05, 0) is 13.3 Å². The summed E-state index contributed by atoms with van der Waals surface area (Å²) >= 11 is 0. The Labute approximate surface area is 85.2 Å². The van der Waals surface area contributed by atoms with Crippen molar-refractivity contribution in [3.63, 3.8) is 0 Å². The molecule has 0 heterocycles. The van der Waals surface area contributed by atoms with E-state index in [0.29, 0.717) is 6.42 Å². The first-order chi connectivity index (χ1) is 6.31. The zero-order chi connectivity index (χ0) is 11.4. The molecule has 0 aliphatic heterocycles. The Balaban J connectivity index is 4.41. The van der Waals surface area contributed by atoms with Crippen molar-refractivity contribution >= 4 is 15.8 Å². The molecule has 0 rings (SSSR count). The van der Waals surface area contributed by atoms with Crippen molar-refractivity contribution in [3.05, 3.63) is 0 Å². The van der Waals surface area contributed by atoms with Crippen molar-refractivity contribution < 1.29 is 18.3 Å². The van der Waals surface area contributed by atoms with E-state index in [1.54, 1.807) is 6.92 Å². The Morgan fingerprint density at radius 2 is 1.86 bits per heavy atom. The molecule has 0 saturated heterocycles. The average Bonchev–Trinajstić information content (AvgIpc) is 2.03. The second kappa shape index (κ2) is 5.34. The summed E-state index contributed by atoms with van der Waals surface area (Å²) < 4.78 is 23.1.